The second-order valence-electron chi connectivity index (χ2n) is 10.9. The summed E-state index contributed by atoms with van der Waals surface area (Å²) in [6.07, 6.45) is 6.31. The Morgan fingerprint density at radius 1 is 1.20 bits per heavy atom. The predicted octanol–water partition coefficient (Wildman–Crippen LogP) is 4.69. The summed E-state index contributed by atoms with van der Waals surface area (Å²) in [5, 5.41) is 26.8. The highest BCUT2D eigenvalue weighted by Crippen LogP contribution is 2.56. The van der Waals surface area contributed by atoms with Crippen molar-refractivity contribution in [2.24, 2.45) is 17.8 Å². The maximum absolute atomic E-state index is 13.0. The highest BCUT2D eigenvalue weighted by atomic mass is 16.6. The number of rotatable bonds is 8. The van der Waals surface area contributed by atoms with Gasteiger partial charge in [-0.2, -0.15) is 0 Å². The number of hydrogen-bond acceptors (Lipinski definition) is 7. The number of carbonyl (C=O) groups excluding carboxylic acids is 1. The second kappa shape index (κ2) is 9.22. The summed E-state index contributed by atoms with van der Waals surface area (Å²) >= 11 is 0. The number of carbonyl (C=O) groups is 1. The molecule has 4 fully saturated rings. The zero-order valence-electron chi connectivity index (χ0n) is 20.3. The standard InChI is InChI=1S/C27H33N3O5/c1-16(2)35-26(31)21-15-28-22(9-8-17-6-4-3-5-7-17)25(30(33)34)24(21)29-23-19-10-18-11-20(23)14-27(32,12-18)13-19/h3-7,15-16,18-20,23,32H,8-14H2,1-2H3,(H,28,29)/t18?,19-,20+,23?,27?. The number of esters is 1. The van der Waals surface area contributed by atoms with Crippen LogP contribution in [-0.4, -0.2) is 38.7 Å². The van der Waals surface area contributed by atoms with Gasteiger partial charge in [-0.25, -0.2) is 4.79 Å². The van der Waals surface area contributed by atoms with Crippen LogP contribution in [0.4, 0.5) is 11.4 Å². The lowest BCUT2D eigenvalue weighted by Crippen LogP contribution is -2.59. The predicted molar refractivity (Wildman–Crippen MR) is 131 cm³/mol. The van der Waals surface area contributed by atoms with Crippen molar-refractivity contribution in [2.45, 2.75) is 76.5 Å². The minimum atomic E-state index is -0.616. The van der Waals surface area contributed by atoms with Crippen LogP contribution in [0, 0.1) is 27.9 Å². The van der Waals surface area contributed by atoms with Gasteiger partial charge in [-0.1, -0.05) is 30.3 Å². The molecule has 4 aliphatic rings. The molecule has 0 radical (unpaired) electrons. The number of hydrogen-bond donors (Lipinski definition) is 2. The van der Waals surface area contributed by atoms with Crippen molar-refractivity contribution in [2.75, 3.05) is 5.32 Å². The lowest BCUT2D eigenvalue weighted by Gasteiger charge is -2.58. The molecule has 8 nitrogen and oxygen atoms in total. The second-order valence-corrected chi connectivity index (χ2v) is 10.9. The fourth-order valence-electron chi connectivity index (χ4n) is 6.79. The van der Waals surface area contributed by atoms with E-state index in [0.717, 1.165) is 24.8 Å². The van der Waals surface area contributed by atoms with Crippen LogP contribution in [0.2, 0.25) is 0 Å². The third kappa shape index (κ3) is 4.76. The maximum atomic E-state index is 13.0. The van der Waals surface area contributed by atoms with Crippen LogP contribution in [0.1, 0.15) is 67.6 Å². The number of nitrogens with one attached hydrogen (secondary N) is 1. The van der Waals surface area contributed by atoms with Crippen molar-refractivity contribution >= 4 is 17.3 Å². The van der Waals surface area contributed by atoms with E-state index in [2.05, 4.69) is 10.3 Å². The number of nitro groups is 1. The first kappa shape index (κ1) is 23.7. The quantitative estimate of drug-likeness (QED) is 0.321. The normalized spacial score (nSPS) is 28.8. The summed E-state index contributed by atoms with van der Waals surface area (Å²) in [5.74, 6) is 0.339. The lowest BCUT2D eigenvalue weighted by molar-refractivity contribution is -0.385. The number of ether oxygens (including phenoxy) is 1. The topological polar surface area (TPSA) is 115 Å². The SMILES string of the molecule is CC(C)OC(=O)c1cnc(CCc2ccccc2)c([N+](=O)[O-])c1NC1[C@@H]2CC3C[C@H]1CC(O)(C3)C2. The van der Waals surface area contributed by atoms with Crippen molar-refractivity contribution in [3.05, 3.63) is 63.5 Å². The summed E-state index contributed by atoms with van der Waals surface area (Å²) in [7, 11) is 0. The van der Waals surface area contributed by atoms with Crippen LogP contribution in [0.3, 0.4) is 0 Å². The Balaban J connectivity index is 1.51. The molecule has 3 unspecified atom stereocenters. The summed E-state index contributed by atoms with van der Waals surface area (Å²) < 4.78 is 5.42. The average molecular weight is 480 g/mol. The fraction of sp³-hybridized carbons (Fsp3) is 0.556. The van der Waals surface area contributed by atoms with Crippen molar-refractivity contribution in [1.82, 2.24) is 4.98 Å². The maximum Gasteiger partial charge on any atom is 0.342 e. The summed E-state index contributed by atoms with van der Waals surface area (Å²) in [6.45, 7) is 3.50. The molecule has 1 heterocycles. The number of nitrogens with zero attached hydrogens (tertiary/aromatic N) is 2. The van der Waals surface area contributed by atoms with Crippen LogP contribution < -0.4 is 5.32 Å². The Hall–Kier alpha value is -3.00. The first-order chi connectivity index (χ1) is 16.7. The van der Waals surface area contributed by atoms with E-state index in [1.807, 2.05) is 30.3 Å². The molecule has 0 aliphatic heterocycles. The molecule has 8 heteroatoms. The van der Waals surface area contributed by atoms with Gasteiger partial charge in [0.05, 0.1) is 16.6 Å². The Morgan fingerprint density at radius 2 is 1.89 bits per heavy atom. The van der Waals surface area contributed by atoms with Crippen LogP contribution in [0.25, 0.3) is 0 Å². The zero-order chi connectivity index (χ0) is 24.7. The van der Waals surface area contributed by atoms with E-state index in [9.17, 15) is 20.0 Å². The van der Waals surface area contributed by atoms with E-state index in [-0.39, 0.29) is 40.9 Å². The number of aliphatic hydroxyl groups is 1. The molecule has 2 aromatic rings. The number of benzene rings is 1. The molecule has 0 amide bonds. The van der Waals surface area contributed by atoms with Crippen LogP contribution in [0.15, 0.2) is 36.5 Å². The van der Waals surface area contributed by atoms with Gasteiger partial charge in [0.2, 0.25) is 0 Å². The van der Waals surface area contributed by atoms with Gasteiger partial charge in [-0.05, 0) is 75.7 Å². The Kier molecular flexibility index (Phi) is 6.25. The third-order valence-corrected chi connectivity index (χ3v) is 7.92. The van der Waals surface area contributed by atoms with Gasteiger partial charge in [0, 0.05) is 18.7 Å². The number of pyridine rings is 1. The van der Waals surface area contributed by atoms with Crippen LogP contribution in [0.5, 0.6) is 0 Å². The summed E-state index contributed by atoms with van der Waals surface area (Å²) in [4.78, 5) is 29.3. The Labute approximate surface area is 205 Å². The molecule has 1 aromatic heterocycles. The first-order valence-electron chi connectivity index (χ1n) is 12.6. The highest BCUT2D eigenvalue weighted by molar-refractivity contribution is 5.98. The molecule has 35 heavy (non-hydrogen) atoms. The average Bonchev–Trinajstić information content (AvgIpc) is 2.78. The monoisotopic (exact) mass is 479 g/mol. The minimum absolute atomic E-state index is 0.0273. The largest absolute Gasteiger partial charge is 0.459 e. The Bertz CT molecular complexity index is 1100. The molecule has 2 N–H and O–H groups in total. The molecule has 0 spiro atoms. The molecular formula is C27H33N3O5. The van der Waals surface area contributed by atoms with Gasteiger partial charge < -0.3 is 15.2 Å². The van der Waals surface area contributed by atoms with Gasteiger partial charge in [0.25, 0.3) is 0 Å². The molecule has 1 aromatic carbocycles. The highest BCUT2D eigenvalue weighted by Gasteiger charge is 2.55. The van der Waals surface area contributed by atoms with E-state index in [4.69, 9.17) is 4.74 Å². The lowest BCUT2D eigenvalue weighted by atomic mass is 9.52. The van der Waals surface area contributed by atoms with Crippen molar-refractivity contribution in [1.29, 1.82) is 0 Å². The van der Waals surface area contributed by atoms with E-state index < -0.39 is 16.5 Å². The van der Waals surface area contributed by atoms with Gasteiger partial charge in [0.15, 0.2) is 0 Å². The molecule has 186 valence electrons. The first-order valence-corrected chi connectivity index (χ1v) is 12.6. The van der Waals surface area contributed by atoms with Gasteiger partial charge in [-0.15, -0.1) is 0 Å². The molecule has 5 atom stereocenters. The Morgan fingerprint density at radius 3 is 2.49 bits per heavy atom. The molecular weight excluding hydrogens is 446 g/mol. The number of aryl methyl sites for hydroxylation is 2. The van der Waals surface area contributed by atoms with E-state index >= 15 is 0 Å². The molecule has 0 saturated heterocycles. The molecule has 6 rings (SSSR count). The van der Waals surface area contributed by atoms with Crippen molar-refractivity contribution in [3.63, 3.8) is 0 Å². The summed E-state index contributed by atoms with van der Waals surface area (Å²) in [6, 6.07) is 9.76. The molecule has 4 bridgehead atoms. The van der Waals surface area contributed by atoms with Crippen LogP contribution >= 0.6 is 0 Å². The minimum Gasteiger partial charge on any atom is -0.459 e. The van der Waals surface area contributed by atoms with Crippen LogP contribution in [-0.2, 0) is 17.6 Å². The zero-order valence-corrected chi connectivity index (χ0v) is 20.3. The smallest absolute Gasteiger partial charge is 0.342 e. The van der Waals surface area contributed by atoms with E-state index in [0.29, 0.717) is 37.3 Å². The molecule has 4 saturated carbocycles. The van der Waals surface area contributed by atoms with Crippen molar-refractivity contribution < 1.29 is 19.6 Å². The number of aromatic nitrogens is 1. The molecule has 4 aliphatic carbocycles. The number of anilines is 1. The van der Waals surface area contributed by atoms with E-state index in [1.165, 1.54) is 6.20 Å². The van der Waals surface area contributed by atoms with Crippen molar-refractivity contribution in [3.8, 4) is 0 Å². The third-order valence-electron chi connectivity index (χ3n) is 7.92. The van der Waals surface area contributed by atoms with E-state index in [1.54, 1.807) is 13.8 Å². The van der Waals surface area contributed by atoms with Gasteiger partial charge in [0.1, 0.15) is 16.9 Å². The van der Waals surface area contributed by atoms with Gasteiger partial charge >= 0.3 is 11.7 Å². The fourth-order valence-corrected chi connectivity index (χ4v) is 6.79. The summed E-state index contributed by atoms with van der Waals surface area (Å²) in [5.41, 5.74) is 0.968. The van der Waals surface area contributed by atoms with Gasteiger partial charge in [-0.3, -0.25) is 15.1 Å².